The highest BCUT2D eigenvalue weighted by atomic mass is 16.6. The van der Waals surface area contributed by atoms with Crippen LogP contribution in [-0.4, -0.2) is 70.0 Å². The Bertz CT molecular complexity index is 950. The van der Waals surface area contributed by atoms with Crippen LogP contribution in [0.2, 0.25) is 0 Å². The van der Waals surface area contributed by atoms with E-state index in [1.165, 1.54) is 22.7 Å². The Balaban J connectivity index is 1.45. The molecule has 2 heterocycles. The Morgan fingerprint density at radius 1 is 1.10 bits per heavy atom. The second kappa shape index (κ2) is 9.07. The van der Waals surface area contributed by atoms with Gasteiger partial charge in [-0.15, -0.1) is 0 Å². The number of amides is 3. The van der Waals surface area contributed by atoms with Crippen LogP contribution in [0.5, 0.6) is 0 Å². The lowest BCUT2D eigenvalue weighted by molar-refractivity contribution is -0.384. The number of carbonyl (C=O) groups is 3. The first kappa shape index (κ1) is 20.8. The minimum absolute atomic E-state index is 0.0168. The number of esters is 1. The minimum Gasteiger partial charge on any atom is -0.451 e. The number of ether oxygens (including phenoxy) is 1. The molecule has 0 unspecified atom stereocenters. The van der Waals surface area contributed by atoms with Gasteiger partial charge in [0.05, 0.1) is 11.1 Å². The number of hydrogen-bond donors (Lipinski definition) is 1. The van der Waals surface area contributed by atoms with Gasteiger partial charge in [0.1, 0.15) is 5.69 Å². The fourth-order valence-corrected chi connectivity index (χ4v) is 3.03. The van der Waals surface area contributed by atoms with Gasteiger partial charge >= 0.3 is 12.0 Å². The van der Waals surface area contributed by atoms with Crippen molar-refractivity contribution in [3.63, 3.8) is 0 Å². The normalized spacial score (nSPS) is 13.6. The van der Waals surface area contributed by atoms with Crippen LogP contribution in [-0.2, 0) is 16.6 Å². The largest absolute Gasteiger partial charge is 0.451 e. The number of urea groups is 1. The van der Waals surface area contributed by atoms with Gasteiger partial charge in [-0.05, 0) is 12.1 Å². The van der Waals surface area contributed by atoms with Crippen LogP contribution in [0.4, 0.5) is 16.2 Å². The highest BCUT2D eigenvalue weighted by molar-refractivity contribution is 5.91. The quantitative estimate of drug-likeness (QED) is 0.448. The Labute approximate surface area is 172 Å². The standard InChI is InChI=1S/C19H21N5O6/c1-21-12-15(24(28)29)11-16(21)18(26)30-13-17(25)22-7-9-23(10-8-22)19(27)20-14-5-3-2-4-6-14/h2-6,11-12H,7-10,13H2,1H3,(H,20,27). The number of aryl methyl sites for hydroxylation is 1. The first-order valence-electron chi connectivity index (χ1n) is 9.22. The third kappa shape index (κ3) is 4.93. The third-order valence-corrected chi connectivity index (χ3v) is 4.68. The summed E-state index contributed by atoms with van der Waals surface area (Å²) in [5, 5.41) is 13.6. The van der Waals surface area contributed by atoms with Crippen LogP contribution in [0.1, 0.15) is 10.5 Å². The number of para-hydroxylation sites is 1. The van der Waals surface area contributed by atoms with E-state index in [-0.39, 0.29) is 17.4 Å². The Kier molecular flexibility index (Phi) is 6.30. The summed E-state index contributed by atoms with van der Waals surface area (Å²) in [6.07, 6.45) is 1.19. The lowest BCUT2D eigenvalue weighted by Gasteiger charge is -2.34. The fraction of sp³-hybridized carbons (Fsp3) is 0.316. The van der Waals surface area contributed by atoms with Crippen molar-refractivity contribution in [1.82, 2.24) is 14.4 Å². The van der Waals surface area contributed by atoms with E-state index in [4.69, 9.17) is 4.74 Å². The summed E-state index contributed by atoms with van der Waals surface area (Å²) in [5.74, 6) is -1.21. The Hall–Kier alpha value is -3.89. The van der Waals surface area contributed by atoms with Gasteiger partial charge in [0.2, 0.25) is 0 Å². The number of nitrogens with one attached hydrogen (secondary N) is 1. The van der Waals surface area contributed by atoms with Crippen molar-refractivity contribution in [1.29, 1.82) is 0 Å². The number of aromatic nitrogens is 1. The van der Waals surface area contributed by atoms with E-state index < -0.39 is 23.4 Å². The average Bonchev–Trinajstić information content (AvgIpc) is 3.14. The smallest absolute Gasteiger partial charge is 0.355 e. The summed E-state index contributed by atoms with van der Waals surface area (Å²) in [5.41, 5.74) is 0.436. The molecule has 1 fully saturated rings. The minimum atomic E-state index is -0.820. The lowest BCUT2D eigenvalue weighted by atomic mass is 10.3. The number of hydrogen-bond acceptors (Lipinski definition) is 6. The zero-order valence-corrected chi connectivity index (χ0v) is 16.3. The molecule has 1 aromatic carbocycles. The Morgan fingerprint density at radius 2 is 1.73 bits per heavy atom. The molecule has 0 atom stereocenters. The van der Waals surface area contributed by atoms with Crippen molar-refractivity contribution in [2.75, 3.05) is 38.1 Å². The zero-order chi connectivity index (χ0) is 21.7. The van der Waals surface area contributed by atoms with Crippen LogP contribution >= 0.6 is 0 Å². The molecular weight excluding hydrogens is 394 g/mol. The van der Waals surface area contributed by atoms with Gasteiger partial charge in [0.25, 0.3) is 11.6 Å². The van der Waals surface area contributed by atoms with Crippen LogP contribution < -0.4 is 5.32 Å². The maximum atomic E-state index is 12.3. The molecule has 0 bridgehead atoms. The molecule has 11 nitrogen and oxygen atoms in total. The van der Waals surface area contributed by atoms with Gasteiger partial charge in [0.15, 0.2) is 6.61 Å². The van der Waals surface area contributed by atoms with E-state index in [0.717, 1.165) is 6.07 Å². The molecule has 0 radical (unpaired) electrons. The van der Waals surface area contributed by atoms with E-state index in [1.807, 2.05) is 18.2 Å². The highest BCUT2D eigenvalue weighted by Crippen LogP contribution is 2.16. The van der Waals surface area contributed by atoms with Gasteiger partial charge < -0.3 is 24.4 Å². The molecule has 3 rings (SSSR count). The monoisotopic (exact) mass is 415 g/mol. The number of carbonyl (C=O) groups excluding carboxylic acids is 3. The van der Waals surface area contributed by atoms with Crippen molar-refractivity contribution < 1.29 is 24.0 Å². The van der Waals surface area contributed by atoms with Crippen molar-refractivity contribution in [3.8, 4) is 0 Å². The number of anilines is 1. The first-order valence-corrected chi connectivity index (χ1v) is 9.22. The number of piperazine rings is 1. The molecule has 11 heteroatoms. The number of benzene rings is 1. The van der Waals surface area contributed by atoms with Crippen LogP contribution in [0.3, 0.4) is 0 Å². The van der Waals surface area contributed by atoms with Gasteiger partial charge in [-0.1, -0.05) is 18.2 Å². The van der Waals surface area contributed by atoms with Gasteiger partial charge in [-0.3, -0.25) is 14.9 Å². The highest BCUT2D eigenvalue weighted by Gasteiger charge is 2.26. The third-order valence-electron chi connectivity index (χ3n) is 4.68. The molecule has 2 aromatic rings. The van der Waals surface area contributed by atoms with E-state index in [1.54, 1.807) is 17.0 Å². The molecule has 1 N–H and O–H groups in total. The molecule has 0 spiro atoms. The summed E-state index contributed by atoms with van der Waals surface area (Å²) < 4.78 is 6.28. The Morgan fingerprint density at radius 3 is 2.33 bits per heavy atom. The predicted octanol–water partition coefficient (Wildman–Crippen LogP) is 1.47. The summed E-state index contributed by atoms with van der Waals surface area (Å²) in [6.45, 7) is 0.848. The van der Waals surface area contributed by atoms with Crippen molar-refractivity contribution in [2.45, 2.75) is 0 Å². The number of rotatable bonds is 5. The average molecular weight is 415 g/mol. The fourth-order valence-electron chi connectivity index (χ4n) is 3.03. The van der Waals surface area contributed by atoms with Gasteiger partial charge in [-0.25, -0.2) is 9.59 Å². The second-order valence-corrected chi connectivity index (χ2v) is 6.69. The van der Waals surface area contributed by atoms with Crippen molar-refractivity contribution >= 4 is 29.3 Å². The van der Waals surface area contributed by atoms with Gasteiger partial charge in [0, 0.05) is 45.0 Å². The molecule has 0 saturated carbocycles. The first-order chi connectivity index (χ1) is 14.3. The molecule has 0 aliphatic carbocycles. The molecular formula is C19H21N5O6. The summed E-state index contributed by atoms with van der Waals surface area (Å²) >= 11 is 0. The van der Waals surface area contributed by atoms with E-state index in [2.05, 4.69) is 5.32 Å². The number of nitro groups is 1. The molecule has 158 valence electrons. The zero-order valence-electron chi connectivity index (χ0n) is 16.3. The summed E-state index contributed by atoms with van der Waals surface area (Å²) in [7, 11) is 1.48. The maximum absolute atomic E-state index is 12.3. The molecule has 1 aliphatic rings. The predicted molar refractivity (Wildman–Crippen MR) is 106 cm³/mol. The van der Waals surface area contributed by atoms with E-state index >= 15 is 0 Å². The molecule has 1 saturated heterocycles. The second-order valence-electron chi connectivity index (χ2n) is 6.69. The van der Waals surface area contributed by atoms with E-state index in [0.29, 0.717) is 31.9 Å². The van der Waals surface area contributed by atoms with Crippen molar-refractivity contribution in [2.24, 2.45) is 7.05 Å². The molecule has 3 amide bonds. The molecule has 30 heavy (non-hydrogen) atoms. The lowest BCUT2D eigenvalue weighted by Crippen LogP contribution is -2.52. The van der Waals surface area contributed by atoms with Crippen LogP contribution in [0.15, 0.2) is 42.6 Å². The van der Waals surface area contributed by atoms with Crippen molar-refractivity contribution in [3.05, 3.63) is 58.4 Å². The molecule has 1 aliphatic heterocycles. The number of nitrogens with zero attached hydrogens (tertiary/aromatic N) is 4. The summed E-state index contributed by atoms with van der Waals surface area (Å²) in [4.78, 5) is 50.0. The van der Waals surface area contributed by atoms with E-state index in [9.17, 15) is 24.5 Å². The maximum Gasteiger partial charge on any atom is 0.355 e. The molecule has 1 aromatic heterocycles. The topological polar surface area (TPSA) is 127 Å². The van der Waals surface area contributed by atoms with Gasteiger partial charge in [-0.2, -0.15) is 0 Å². The van der Waals surface area contributed by atoms with Crippen LogP contribution in [0.25, 0.3) is 0 Å². The van der Waals surface area contributed by atoms with Crippen LogP contribution in [0, 0.1) is 10.1 Å². The SMILES string of the molecule is Cn1cc([N+](=O)[O-])cc1C(=O)OCC(=O)N1CCN(C(=O)Nc2ccccc2)CC1. The summed E-state index contributed by atoms with van der Waals surface area (Å²) in [6, 6.07) is 9.91.